The number of hydrogen-bond acceptors (Lipinski definition) is 5. The molecule has 0 aliphatic carbocycles. The number of benzene rings is 2. The normalized spacial score (nSPS) is 10.5. The van der Waals surface area contributed by atoms with Crippen LogP contribution in [0.25, 0.3) is 11.3 Å². The van der Waals surface area contributed by atoms with Crippen molar-refractivity contribution < 1.29 is 19.1 Å². The third kappa shape index (κ3) is 3.60. The second-order valence-corrected chi connectivity index (χ2v) is 5.64. The lowest BCUT2D eigenvalue weighted by Gasteiger charge is -2.05. The molecule has 0 bridgehead atoms. The summed E-state index contributed by atoms with van der Waals surface area (Å²) in [7, 11) is 0. The van der Waals surface area contributed by atoms with Gasteiger partial charge in [-0.05, 0) is 18.2 Å². The summed E-state index contributed by atoms with van der Waals surface area (Å²) in [4.78, 5) is 16.1. The van der Waals surface area contributed by atoms with E-state index in [0.717, 1.165) is 5.56 Å². The molecule has 0 unspecified atom stereocenters. The van der Waals surface area contributed by atoms with Gasteiger partial charge >= 0.3 is 5.97 Å². The number of hydrogen-bond donors (Lipinski definition) is 1. The van der Waals surface area contributed by atoms with Crippen LogP contribution in [0.15, 0.2) is 63.6 Å². The Morgan fingerprint density at radius 2 is 2.00 bits per heavy atom. The van der Waals surface area contributed by atoms with E-state index in [2.05, 4.69) is 20.9 Å². The number of phenols is 1. The highest BCUT2D eigenvalue weighted by atomic mass is 79.9. The highest BCUT2D eigenvalue weighted by Gasteiger charge is 2.15. The predicted molar refractivity (Wildman–Crippen MR) is 86.9 cm³/mol. The van der Waals surface area contributed by atoms with Gasteiger partial charge in [0.2, 0.25) is 5.89 Å². The molecule has 0 amide bonds. The quantitative estimate of drug-likeness (QED) is 0.694. The zero-order valence-corrected chi connectivity index (χ0v) is 13.5. The smallest absolute Gasteiger partial charge is 0.342 e. The van der Waals surface area contributed by atoms with Crippen LogP contribution < -0.4 is 0 Å². The van der Waals surface area contributed by atoms with Crippen molar-refractivity contribution in [2.75, 3.05) is 0 Å². The summed E-state index contributed by atoms with van der Waals surface area (Å²) in [5, 5.41) is 9.69. The molecule has 0 spiro atoms. The molecule has 116 valence electrons. The fourth-order valence-electron chi connectivity index (χ4n) is 1.99. The number of aromatic hydroxyl groups is 1. The van der Waals surface area contributed by atoms with Crippen molar-refractivity contribution in [2.24, 2.45) is 0 Å². The van der Waals surface area contributed by atoms with Crippen molar-refractivity contribution in [1.29, 1.82) is 0 Å². The second kappa shape index (κ2) is 6.66. The average molecular weight is 374 g/mol. The summed E-state index contributed by atoms with van der Waals surface area (Å²) in [6.45, 7) is -0.113. The molecule has 0 aliphatic rings. The molecule has 3 aromatic rings. The summed E-state index contributed by atoms with van der Waals surface area (Å²) in [6, 6.07) is 14.0. The number of phenolic OH excluding ortho intramolecular Hbond substituents is 1. The largest absolute Gasteiger partial charge is 0.507 e. The van der Waals surface area contributed by atoms with Crippen LogP contribution in [0.2, 0.25) is 0 Å². The van der Waals surface area contributed by atoms with Gasteiger partial charge in [0.25, 0.3) is 0 Å². The van der Waals surface area contributed by atoms with E-state index in [-0.39, 0.29) is 23.8 Å². The molecular formula is C17H12BrNO4. The molecule has 0 fully saturated rings. The Kier molecular flexibility index (Phi) is 4.43. The molecule has 0 aliphatic heterocycles. The first kappa shape index (κ1) is 15.3. The summed E-state index contributed by atoms with van der Waals surface area (Å²) in [5.41, 5.74) is 0.969. The van der Waals surface area contributed by atoms with Crippen molar-refractivity contribution in [3.8, 4) is 17.1 Å². The van der Waals surface area contributed by atoms with Crippen molar-refractivity contribution >= 4 is 21.9 Å². The third-order valence-corrected chi connectivity index (χ3v) is 3.61. The molecular weight excluding hydrogens is 362 g/mol. The van der Waals surface area contributed by atoms with Gasteiger partial charge in [-0.15, -0.1) is 0 Å². The summed E-state index contributed by atoms with van der Waals surface area (Å²) in [6.07, 6.45) is 1.58. The maximum atomic E-state index is 12.0. The number of carbonyl (C=O) groups excluding carboxylic acids is 1. The number of halogens is 1. The maximum absolute atomic E-state index is 12.0. The fraction of sp³-hybridized carbons (Fsp3) is 0.0588. The van der Waals surface area contributed by atoms with Crippen molar-refractivity contribution in [3.05, 3.63) is 70.7 Å². The molecule has 5 nitrogen and oxygen atoms in total. The molecule has 1 aromatic heterocycles. The average Bonchev–Trinajstić information content (AvgIpc) is 3.05. The highest BCUT2D eigenvalue weighted by molar-refractivity contribution is 9.10. The Balaban J connectivity index is 1.68. The Bertz CT molecular complexity index is 830. The maximum Gasteiger partial charge on any atom is 0.342 e. The van der Waals surface area contributed by atoms with Gasteiger partial charge < -0.3 is 14.3 Å². The van der Waals surface area contributed by atoms with E-state index < -0.39 is 5.97 Å². The number of aromatic nitrogens is 1. The zero-order chi connectivity index (χ0) is 16.2. The Morgan fingerprint density at radius 3 is 2.78 bits per heavy atom. The minimum atomic E-state index is -0.650. The van der Waals surface area contributed by atoms with Crippen LogP contribution in [-0.2, 0) is 11.3 Å². The Morgan fingerprint density at radius 1 is 1.22 bits per heavy atom. The lowest BCUT2D eigenvalue weighted by Crippen LogP contribution is -2.05. The van der Waals surface area contributed by atoms with Crippen LogP contribution in [0.5, 0.6) is 5.75 Å². The molecule has 0 saturated heterocycles. The molecule has 1 heterocycles. The SMILES string of the molecule is O=C(OCc1ncc(-c2ccccc2)o1)c1cc(Br)ccc1O. The number of esters is 1. The van der Waals surface area contributed by atoms with Gasteiger partial charge in [-0.25, -0.2) is 9.78 Å². The van der Waals surface area contributed by atoms with Crippen LogP contribution in [0.1, 0.15) is 16.2 Å². The lowest BCUT2D eigenvalue weighted by molar-refractivity contribution is 0.0435. The van der Waals surface area contributed by atoms with Crippen LogP contribution in [0.4, 0.5) is 0 Å². The standard InChI is InChI=1S/C17H12BrNO4/c18-12-6-7-14(20)13(8-12)17(21)22-10-16-19-9-15(23-16)11-4-2-1-3-5-11/h1-9,20H,10H2. The number of nitrogens with zero attached hydrogens (tertiary/aromatic N) is 1. The zero-order valence-electron chi connectivity index (χ0n) is 11.9. The minimum Gasteiger partial charge on any atom is -0.507 e. The van der Waals surface area contributed by atoms with E-state index in [1.54, 1.807) is 12.3 Å². The molecule has 0 atom stereocenters. The van der Waals surface area contributed by atoms with Gasteiger partial charge in [0.1, 0.15) is 11.3 Å². The van der Waals surface area contributed by atoms with Gasteiger partial charge in [0.05, 0.1) is 6.20 Å². The Labute approximate surface area is 140 Å². The Hall–Kier alpha value is -2.60. The second-order valence-electron chi connectivity index (χ2n) is 4.72. The monoisotopic (exact) mass is 373 g/mol. The summed E-state index contributed by atoms with van der Waals surface area (Å²) in [5.74, 6) is 0.0903. The van der Waals surface area contributed by atoms with Crippen LogP contribution in [0, 0.1) is 0 Å². The van der Waals surface area contributed by atoms with E-state index in [1.807, 2.05) is 30.3 Å². The first-order valence-corrected chi connectivity index (χ1v) is 7.58. The number of rotatable bonds is 4. The third-order valence-electron chi connectivity index (χ3n) is 3.12. The molecule has 6 heteroatoms. The van der Waals surface area contributed by atoms with E-state index >= 15 is 0 Å². The summed E-state index contributed by atoms with van der Waals surface area (Å²) < 4.78 is 11.3. The molecule has 2 aromatic carbocycles. The van der Waals surface area contributed by atoms with Gasteiger partial charge in [-0.3, -0.25) is 0 Å². The van der Waals surface area contributed by atoms with Gasteiger partial charge in [-0.2, -0.15) is 0 Å². The van der Waals surface area contributed by atoms with Gasteiger partial charge in [-0.1, -0.05) is 46.3 Å². The van der Waals surface area contributed by atoms with Crippen LogP contribution >= 0.6 is 15.9 Å². The fourth-order valence-corrected chi connectivity index (χ4v) is 2.35. The molecule has 0 radical (unpaired) electrons. The first-order chi connectivity index (χ1) is 11.1. The minimum absolute atomic E-state index is 0.0780. The van der Waals surface area contributed by atoms with Gasteiger partial charge in [0, 0.05) is 10.0 Å². The van der Waals surface area contributed by atoms with Crippen molar-refractivity contribution in [3.63, 3.8) is 0 Å². The molecule has 1 N–H and O–H groups in total. The predicted octanol–water partition coefficient (Wildman–Crippen LogP) is 4.17. The number of oxazole rings is 1. The van der Waals surface area contributed by atoms with E-state index in [4.69, 9.17) is 9.15 Å². The van der Waals surface area contributed by atoms with Crippen LogP contribution in [-0.4, -0.2) is 16.1 Å². The van der Waals surface area contributed by atoms with Crippen molar-refractivity contribution in [1.82, 2.24) is 4.98 Å². The first-order valence-electron chi connectivity index (χ1n) is 6.79. The van der Waals surface area contributed by atoms with E-state index in [0.29, 0.717) is 10.2 Å². The molecule has 0 saturated carbocycles. The van der Waals surface area contributed by atoms with Gasteiger partial charge in [0.15, 0.2) is 12.4 Å². The summed E-state index contributed by atoms with van der Waals surface area (Å²) >= 11 is 3.24. The van der Waals surface area contributed by atoms with E-state index in [9.17, 15) is 9.90 Å². The van der Waals surface area contributed by atoms with Crippen LogP contribution in [0.3, 0.4) is 0 Å². The highest BCUT2D eigenvalue weighted by Crippen LogP contribution is 2.24. The van der Waals surface area contributed by atoms with E-state index in [1.165, 1.54) is 12.1 Å². The molecule has 3 rings (SSSR count). The molecule has 23 heavy (non-hydrogen) atoms. The number of ether oxygens (including phenoxy) is 1. The lowest BCUT2D eigenvalue weighted by atomic mass is 10.2. The topological polar surface area (TPSA) is 72.6 Å². The number of carbonyl (C=O) groups is 1. The van der Waals surface area contributed by atoms with Crippen molar-refractivity contribution in [2.45, 2.75) is 6.61 Å².